The van der Waals surface area contributed by atoms with Gasteiger partial charge in [0.05, 0.1) is 18.0 Å². The van der Waals surface area contributed by atoms with Crippen LogP contribution >= 0.6 is 24.0 Å². The SMILES string of the molecule is CN=C(NCC(C)c1c(C)noc1C)NCC(c1ccco1)N1CCCC1.I. The van der Waals surface area contributed by atoms with E-state index in [2.05, 4.69) is 38.7 Å². The van der Waals surface area contributed by atoms with Gasteiger partial charge >= 0.3 is 0 Å². The summed E-state index contributed by atoms with van der Waals surface area (Å²) in [4.78, 5) is 6.85. The van der Waals surface area contributed by atoms with E-state index in [4.69, 9.17) is 8.94 Å². The van der Waals surface area contributed by atoms with Crippen LogP contribution in [0.2, 0.25) is 0 Å². The molecule has 0 aliphatic carbocycles. The lowest BCUT2D eigenvalue weighted by Gasteiger charge is -2.27. The van der Waals surface area contributed by atoms with E-state index < -0.39 is 0 Å². The van der Waals surface area contributed by atoms with Crippen molar-refractivity contribution in [3.8, 4) is 0 Å². The largest absolute Gasteiger partial charge is 0.468 e. The number of hydrogen-bond donors (Lipinski definition) is 2. The highest BCUT2D eigenvalue weighted by molar-refractivity contribution is 14.0. The maximum atomic E-state index is 5.69. The molecule has 2 unspecified atom stereocenters. The van der Waals surface area contributed by atoms with Crippen molar-refractivity contribution >= 4 is 29.9 Å². The zero-order chi connectivity index (χ0) is 19.2. The third kappa shape index (κ3) is 5.50. The Morgan fingerprint density at radius 3 is 2.54 bits per heavy atom. The number of likely N-dealkylation sites (tertiary alicyclic amines) is 1. The first-order valence-corrected chi connectivity index (χ1v) is 9.75. The van der Waals surface area contributed by atoms with Gasteiger partial charge in [-0.2, -0.15) is 0 Å². The van der Waals surface area contributed by atoms with Gasteiger partial charge in [0, 0.05) is 31.6 Å². The van der Waals surface area contributed by atoms with Crippen molar-refractivity contribution in [2.75, 3.05) is 33.2 Å². The molecule has 3 rings (SSSR count). The third-order valence-corrected chi connectivity index (χ3v) is 5.30. The molecule has 156 valence electrons. The van der Waals surface area contributed by atoms with Crippen molar-refractivity contribution < 1.29 is 8.94 Å². The Hall–Kier alpha value is -1.55. The smallest absolute Gasteiger partial charge is 0.191 e. The predicted octanol–water partition coefficient (Wildman–Crippen LogP) is 3.61. The fraction of sp³-hybridized carbons (Fsp3) is 0.600. The van der Waals surface area contributed by atoms with Crippen molar-refractivity contribution in [3.63, 3.8) is 0 Å². The van der Waals surface area contributed by atoms with Gasteiger partial charge in [-0.25, -0.2) is 0 Å². The third-order valence-electron chi connectivity index (χ3n) is 5.30. The molecule has 0 radical (unpaired) electrons. The lowest BCUT2D eigenvalue weighted by Crippen LogP contribution is -2.43. The monoisotopic (exact) mass is 501 g/mol. The van der Waals surface area contributed by atoms with Crippen LogP contribution in [-0.4, -0.2) is 49.2 Å². The minimum Gasteiger partial charge on any atom is -0.468 e. The number of guanidine groups is 1. The average Bonchev–Trinajstić information content (AvgIpc) is 3.41. The highest BCUT2D eigenvalue weighted by Gasteiger charge is 2.25. The molecule has 2 atom stereocenters. The lowest BCUT2D eigenvalue weighted by atomic mass is 10.00. The van der Waals surface area contributed by atoms with Crippen LogP contribution in [0, 0.1) is 13.8 Å². The molecule has 0 aromatic carbocycles. The average molecular weight is 501 g/mol. The van der Waals surface area contributed by atoms with Gasteiger partial charge in [-0.15, -0.1) is 24.0 Å². The zero-order valence-corrected chi connectivity index (χ0v) is 19.5. The molecule has 2 aromatic rings. The lowest BCUT2D eigenvalue weighted by molar-refractivity contribution is 0.215. The predicted molar refractivity (Wildman–Crippen MR) is 121 cm³/mol. The second-order valence-corrected chi connectivity index (χ2v) is 7.25. The fourth-order valence-electron chi connectivity index (χ4n) is 3.90. The summed E-state index contributed by atoms with van der Waals surface area (Å²) < 4.78 is 11.0. The Bertz CT molecular complexity index is 718. The number of aliphatic imine (C=N–C) groups is 1. The van der Waals surface area contributed by atoms with Crippen LogP contribution in [0.4, 0.5) is 0 Å². The molecule has 28 heavy (non-hydrogen) atoms. The summed E-state index contributed by atoms with van der Waals surface area (Å²) in [5, 5.41) is 10.9. The summed E-state index contributed by atoms with van der Waals surface area (Å²) in [5.74, 6) is 2.97. The summed E-state index contributed by atoms with van der Waals surface area (Å²) in [6, 6.07) is 4.23. The highest BCUT2D eigenvalue weighted by atomic mass is 127. The first kappa shape index (κ1) is 22.7. The van der Waals surface area contributed by atoms with Crippen molar-refractivity contribution in [2.45, 2.75) is 45.6 Å². The maximum Gasteiger partial charge on any atom is 0.191 e. The molecule has 0 spiro atoms. The molecule has 2 N–H and O–H groups in total. The van der Waals surface area contributed by atoms with Crippen molar-refractivity contribution in [1.29, 1.82) is 0 Å². The van der Waals surface area contributed by atoms with E-state index in [1.54, 1.807) is 13.3 Å². The quantitative estimate of drug-likeness (QED) is 0.343. The molecule has 1 fully saturated rings. The van der Waals surface area contributed by atoms with Crippen LogP contribution in [0.15, 0.2) is 32.3 Å². The molecule has 7 nitrogen and oxygen atoms in total. The minimum atomic E-state index is 0. The number of nitrogens with zero attached hydrogens (tertiary/aromatic N) is 3. The molecule has 3 heterocycles. The first-order valence-electron chi connectivity index (χ1n) is 9.75. The molecule has 1 aliphatic rings. The van der Waals surface area contributed by atoms with Gasteiger partial charge < -0.3 is 19.6 Å². The molecular formula is C20H32IN5O2. The normalized spacial score (nSPS) is 17.2. The second kappa shape index (κ2) is 10.8. The fourth-order valence-corrected chi connectivity index (χ4v) is 3.90. The Morgan fingerprint density at radius 1 is 1.25 bits per heavy atom. The molecule has 8 heteroatoms. The number of nitrogens with one attached hydrogen (secondary N) is 2. The Balaban J connectivity index is 0.00000280. The van der Waals surface area contributed by atoms with Crippen LogP contribution in [0.25, 0.3) is 0 Å². The number of aromatic nitrogens is 1. The summed E-state index contributed by atoms with van der Waals surface area (Å²) in [7, 11) is 1.80. The second-order valence-electron chi connectivity index (χ2n) is 7.25. The maximum absolute atomic E-state index is 5.69. The highest BCUT2D eigenvalue weighted by Crippen LogP contribution is 2.25. The zero-order valence-electron chi connectivity index (χ0n) is 17.2. The van der Waals surface area contributed by atoms with Gasteiger partial charge in [-0.05, 0) is 51.9 Å². The first-order chi connectivity index (χ1) is 13.1. The van der Waals surface area contributed by atoms with Crippen LogP contribution in [0.1, 0.15) is 54.5 Å². The van der Waals surface area contributed by atoms with Crippen molar-refractivity contribution in [3.05, 3.63) is 41.2 Å². The molecule has 1 saturated heterocycles. The number of hydrogen-bond acceptors (Lipinski definition) is 5. The van der Waals surface area contributed by atoms with E-state index in [1.165, 1.54) is 18.4 Å². The van der Waals surface area contributed by atoms with E-state index in [-0.39, 0.29) is 35.9 Å². The van der Waals surface area contributed by atoms with Gasteiger partial charge in [0.1, 0.15) is 11.5 Å². The van der Waals surface area contributed by atoms with Crippen LogP contribution in [0.5, 0.6) is 0 Å². The molecule has 0 saturated carbocycles. The van der Waals surface area contributed by atoms with Gasteiger partial charge in [0.2, 0.25) is 0 Å². The topological polar surface area (TPSA) is 78.8 Å². The van der Waals surface area contributed by atoms with Gasteiger partial charge in [-0.1, -0.05) is 12.1 Å². The molecular weight excluding hydrogens is 469 g/mol. The van der Waals surface area contributed by atoms with Crippen molar-refractivity contribution in [2.24, 2.45) is 4.99 Å². The number of halogens is 1. The van der Waals surface area contributed by atoms with E-state index in [0.717, 1.165) is 49.4 Å². The molecule has 1 aliphatic heterocycles. The summed E-state index contributed by atoms with van der Waals surface area (Å²) in [5.41, 5.74) is 2.13. The number of rotatable bonds is 7. The Labute approximate surface area is 184 Å². The molecule has 0 amide bonds. The molecule has 0 bridgehead atoms. The number of furan rings is 1. The van der Waals surface area contributed by atoms with Gasteiger partial charge in [0.15, 0.2) is 5.96 Å². The Morgan fingerprint density at radius 2 is 1.96 bits per heavy atom. The van der Waals surface area contributed by atoms with Gasteiger partial charge in [-0.3, -0.25) is 9.89 Å². The van der Waals surface area contributed by atoms with E-state index in [0.29, 0.717) is 0 Å². The standard InChI is InChI=1S/C20H31N5O2.HI/c1-14(19-15(2)24-27-16(19)3)12-22-20(21-4)23-13-17(18-8-7-11-26-18)25-9-5-6-10-25;/h7-8,11,14,17H,5-6,9-10,12-13H2,1-4H3,(H2,21,22,23);1H. The Kier molecular flexibility index (Phi) is 8.81. The van der Waals surface area contributed by atoms with E-state index >= 15 is 0 Å². The van der Waals surface area contributed by atoms with Crippen molar-refractivity contribution in [1.82, 2.24) is 20.7 Å². The summed E-state index contributed by atoms with van der Waals surface area (Å²) in [6.45, 7) is 9.86. The minimum absolute atomic E-state index is 0. The van der Waals surface area contributed by atoms with E-state index in [1.807, 2.05) is 19.9 Å². The number of aryl methyl sites for hydroxylation is 2. The van der Waals surface area contributed by atoms with Gasteiger partial charge in [0.25, 0.3) is 0 Å². The van der Waals surface area contributed by atoms with Crippen LogP contribution in [-0.2, 0) is 0 Å². The molecule has 2 aromatic heterocycles. The summed E-state index contributed by atoms with van der Waals surface area (Å²) >= 11 is 0. The van der Waals surface area contributed by atoms with Crippen LogP contribution < -0.4 is 10.6 Å². The van der Waals surface area contributed by atoms with Crippen LogP contribution in [0.3, 0.4) is 0 Å². The summed E-state index contributed by atoms with van der Waals surface area (Å²) in [6.07, 6.45) is 4.25. The van der Waals surface area contributed by atoms with E-state index in [9.17, 15) is 0 Å².